The number of carbonyl (C=O) groups is 2. The molecule has 3 amide bonds. The van der Waals surface area contributed by atoms with E-state index in [-0.39, 0.29) is 35.5 Å². The molecular weight excluding hydrogens is 390 g/mol. The Hall–Kier alpha value is -2.05. The molecule has 0 aromatic carbocycles. The lowest BCUT2D eigenvalue weighted by molar-refractivity contribution is -0.116. The number of nitrogens with zero attached hydrogens (tertiary/aromatic N) is 3. The zero-order valence-corrected chi connectivity index (χ0v) is 20.7. The van der Waals surface area contributed by atoms with Crippen LogP contribution in [0.25, 0.3) is 0 Å². The van der Waals surface area contributed by atoms with Gasteiger partial charge in [-0.25, -0.2) is 9.48 Å². The minimum atomic E-state index is -0.271. The molecule has 2 rings (SSSR count). The molecule has 1 aromatic rings. The standard InChI is InChI=1S/C24H43N5O2/c1-8-9-15-28(22(31)25-18-13-11-10-12-14-18)17-21(30)26-20-16-19(23(2,3)4)27-29(20)24(5,6)7/h16,18H,8-15,17H2,1-7H3,(H,25,31)(H,26,30). The minimum Gasteiger partial charge on any atom is -0.335 e. The van der Waals surface area contributed by atoms with Crippen LogP contribution in [0, 0.1) is 0 Å². The Morgan fingerprint density at radius 3 is 2.32 bits per heavy atom. The molecule has 1 aliphatic rings. The van der Waals surface area contributed by atoms with Gasteiger partial charge in [0.15, 0.2) is 0 Å². The third-order valence-corrected chi connectivity index (χ3v) is 5.72. The minimum absolute atomic E-state index is 0.0404. The lowest BCUT2D eigenvalue weighted by Gasteiger charge is -2.28. The molecule has 0 aliphatic heterocycles. The molecule has 0 atom stereocenters. The lowest BCUT2D eigenvalue weighted by Crippen LogP contribution is -2.48. The first-order chi connectivity index (χ1) is 14.4. The monoisotopic (exact) mass is 433 g/mol. The third-order valence-electron chi connectivity index (χ3n) is 5.72. The Balaban J connectivity index is 2.11. The van der Waals surface area contributed by atoms with Crippen molar-refractivity contribution in [3.05, 3.63) is 11.8 Å². The smallest absolute Gasteiger partial charge is 0.318 e. The van der Waals surface area contributed by atoms with Crippen LogP contribution in [0.4, 0.5) is 10.6 Å². The Bertz CT molecular complexity index is 736. The molecule has 1 heterocycles. The second-order valence-electron chi connectivity index (χ2n) is 10.9. The first-order valence-electron chi connectivity index (χ1n) is 11.9. The van der Waals surface area contributed by atoms with Crippen LogP contribution in [0.15, 0.2) is 6.07 Å². The van der Waals surface area contributed by atoms with Gasteiger partial charge in [0.05, 0.1) is 11.2 Å². The van der Waals surface area contributed by atoms with Crippen molar-refractivity contribution >= 4 is 17.8 Å². The van der Waals surface area contributed by atoms with E-state index in [0.717, 1.165) is 44.2 Å². The molecule has 0 spiro atoms. The van der Waals surface area contributed by atoms with E-state index in [9.17, 15) is 9.59 Å². The van der Waals surface area contributed by atoms with Crippen molar-refractivity contribution in [3.63, 3.8) is 0 Å². The van der Waals surface area contributed by atoms with Crippen molar-refractivity contribution in [2.45, 2.75) is 110 Å². The average molecular weight is 434 g/mol. The van der Waals surface area contributed by atoms with Gasteiger partial charge in [-0.2, -0.15) is 5.10 Å². The quantitative estimate of drug-likeness (QED) is 0.634. The van der Waals surface area contributed by atoms with Crippen LogP contribution < -0.4 is 10.6 Å². The molecule has 0 bridgehead atoms. The molecule has 7 nitrogen and oxygen atoms in total. The molecule has 31 heavy (non-hydrogen) atoms. The van der Waals surface area contributed by atoms with Crippen LogP contribution in [-0.2, 0) is 15.7 Å². The predicted molar refractivity (Wildman–Crippen MR) is 126 cm³/mol. The van der Waals surface area contributed by atoms with Gasteiger partial charge in [0.1, 0.15) is 12.4 Å². The highest BCUT2D eigenvalue weighted by atomic mass is 16.2. The van der Waals surface area contributed by atoms with Crippen molar-refractivity contribution in [1.82, 2.24) is 20.0 Å². The largest absolute Gasteiger partial charge is 0.335 e. The molecule has 2 N–H and O–H groups in total. The van der Waals surface area contributed by atoms with Gasteiger partial charge in [-0.15, -0.1) is 0 Å². The van der Waals surface area contributed by atoms with E-state index in [1.54, 1.807) is 4.90 Å². The van der Waals surface area contributed by atoms with E-state index >= 15 is 0 Å². The Morgan fingerprint density at radius 2 is 1.77 bits per heavy atom. The zero-order valence-electron chi connectivity index (χ0n) is 20.7. The molecule has 7 heteroatoms. The Morgan fingerprint density at radius 1 is 1.13 bits per heavy atom. The molecular formula is C24H43N5O2. The summed E-state index contributed by atoms with van der Waals surface area (Å²) in [7, 11) is 0. The normalized spacial score (nSPS) is 15.6. The maximum absolute atomic E-state index is 12.9. The number of hydrogen-bond acceptors (Lipinski definition) is 3. The summed E-state index contributed by atoms with van der Waals surface area (Å²) in [6.07, 6.45) is 7.47. The van der Waals surface area contributed by atoms with Gasteiger partial charge in [-0.05, 0) is 40.0 Å². The molecule has 1 aliphatic carbocycles. The molecule has 1 saturated carbocycles. The van der Waals surface area contributed by atoms with Crippen molar-refractivity contribution in [2.75, 3.05) is 18.4 Å². The molecule has 1 fully saturated rings. The van der Waals surface area contributed by atoms with E-state index in [2.05, 4.69) is 59.1 Å². The highest BCUT2D eigenvalue weighted by molar-refractivity contribution is 5.93. The van der Waals surface area contributed by atoms with Crippen LogP contribution in [-0.4, -0.2) is 45.8 Å². The topological polar surface area (TPSA) is 79.3 Å². The van der Waals surface area contributed by atoms with Gasteiger partial charge in [-0.1, -0.05) is 53.4 Å². The van der Waals surface area contributed by atoms with Gasteiger partial charge < -0.3 is 15.5 Å². The van der Waals surface area contributed by atoms with Crippen LogP contribution in [0.5, 0.6) is 0 Å². The number of hydrogen-bond donors (Lipinski definition) is 2. The summed E-state index contributed by atoms with van der Waals surface area (Å²) in [4.78, 5) is 27.5. The fraction of sp³-hybridized carbons (Fsp3) is 0.792. The number of rotatable bonds is 7. The van der Waals surface area contributed by atoms with E-state index in [0.29, 0.717) is 12.4 Å². The molecule has 0 unspecified atom stereocenters. The summed E-state index contributed by atoms with van der Waals surface area (Å²) >= 11 is 0. The Kier molecular flexibility index (Phi) is 8.55. The zero-order chi connectivity index (χ0) is 23.2. The van der Waals surface area contributed by atoms with Gasteiger partial charge in [0.2, 0.25) is 5.91 Å². The van der Waals surface area contributed by atoms with E-state index in [1.807, 2.05) is 10.7 Å². The lowest BCUT2D eigenvalue weighted by atomic mass is 9.92. The van der Waals surface area contributed by atoms with Gasteiger partial charge in [-0.3, -0.25) is 4.79 Å². The van der Waals surface area contributed by atoms with Crippen LogP contribution in [0.1, 0.15) is 99.1 Å². The van der Waals surface area contributed by atoms with Crippen LogP contribution in [0.3, 0.4) is 0 Å². The third kappa shape index (κ3) is 7.54. The molecule has 1 aromatic heterocycles. The number of aromatic nitrogens is 2. The summed E-state index contributed by atoms with van der Waals surface area (Å²) in [6, 6.07) is 2.04. The number of amides is 3. The summed E-state index contributed by atoms with van der Waals surface area (Å²) < 4.78 is 1.87. The maximum Gasteiger partial charge on any atom is 0.318 e. The van der Waals surface area contributed by atoms with Crippen molar-refractivity contribution in [1.29, 1.82) is 0 Å². The highest BCUT2D eigenvalue weighted by Gasteiger charge is 2.27. The molecule has 176 valence electrons. The van der Waals surface area contributed by atoms with Gasteiger partial charge in [0.25, 0.3) is 0 Å². The predicted octanol–water partition coefficient (Wildman–Crippen LogP) is 5.02. The van der Waals surface area contributed by atoms with Gasteiger partial charge >= 0.3 is 6.03 Å². The van der Waals surface area contributed by atoms with Crippen molar-refractivity contribution in [2.24, 2.45) is 0 Å². The summed E-state index contributed by atoms with van der Waals surface area (Å²) in [5.41, 5.74) is 0.533. The number of carbonyl (C=O) groups excluding carboxylic acids is 2. The second-order valence-corrected chi connectivity index (χ2v) is 10.9. The summed E-state index contributed by atoms with van der Waals surface area (Å²) in [5, 5.41) is 10.9. The SMILES string of the molecule is CCCCN(CC(=O)Nc1cc(C(C)(C)C)nn1C(C)(C)C)C(=O)NC1CCCCC1. The fourth-order valence-electron chi connectivity index (χ4n) is 3.82. The van der Waals surface area contributed by atoms with E-state index < -0.39 is 0 Å². The average Bonchev–Trinajstić information content (AvgIpc) is 3.10. The number of urea groups is 1. The second kappa shape index (κ2) is 10.5. The van der Waals surface area contributed by atoms with Crippen molar-refractivity contribution < 1.29 is 9.59 Å². The molecule has 0 saturated heterocycles. The van der Waals surface area contributed by atoms with E-state index in [1.165, 1.54) is 6.42 Å². The summed E-state index contributed by atoms with van der Waals surface area (Å²) in [6.45, 7) is 15.2. The number of nitrogens with one attached hydrogen (secondary N) is 2. The van der Waals surface area contributed by atoms with Crippen molar-refractivity contribution in [3.8, 4) is 0 Å². The first kappa shape index (κ1) is 25.2. The number of unbranched alkanes of at least 4 members (excludes halogenated alkanes) is 1. The first-order valence-corrected chi connectivity index (χ1v) is 11.9. The van der Waals surface area contributed by atoms with E-state index in [4.69, 9.17) is 5.10 Å². The highest BCUT2D eigenvalue weighted by Crippen LogP contribution is 2.28. The summed E-state index contributed by atoms with van der Waals surface area (Å²) in [5.74, 6) is 0.478. The maximum atomic E-state index is 12.9. The van der Waals surface area contributed by atoms with Crippen LogP contribution >= 0.6 is 0 Å². The van der Waals surface area contributed by atoms with Gasteiger partial charge in [0, 0.05) is 24.1 Å². The molecule has 0 radical (unpaired) electrons. The Labute approximate surface area is 188 Å². The fourth-order valence-corrected chi connectivity index (χ4v) is 3.82. The number of anilines is 1. The van der Waals surface area contributed by atoms with Crippen LogP contribution in [0.2, 0.25) is 0 Å².